The fourth-order valence-electron chi connectivity index (χ4n) is 0.787. The van der Waals surface area contributed by atoms with Crippen LogP contribution < -0.4 is 0 Å². The molecule has 0 saturated heterocycles. The first-order chi connectivity index (χ1) is 3.60. The molecule has 1 rings (SSSR count). The first kappa shape index (κ1) is 6.80. The van der Waals surface area contributed by atoms with Crippen LogP contribution in [-0.2, 0) is 11.8 Å². The van der Waals surface area contributed by atoms with Crippen molar-refractivity contribution < 1.29 is 0 Å². The smallest absolute Gasteiger partial charge is 0.0593 e. The van der Waals surface area contributed by atoms with Gasteiger partial charge in [-0.3, -0.25) is 0 Å². The van der Waals surface area contributed by atoms with Crippen LogP contribution >= 0.6 is 16.6 Å². The van der Waals surface area contributed by atoms with Crippen molar-refractivity contribution >= 4 is 28.4 Å². The third-order valence-corrected chi connectivity index (χ3v) is 4.55. The van der Waals surface area contributed by atoms with Gasteiger partial charge in [-0.1, -0.05) is 28.6 Å². The summed E-state index contributed by atoms with van der Waals surface area (Å²) in [6, 6.07) is 0. The predicted molar refractivity (Wildman–Crippen MR) is 43.4 cm³/mol. The number of allylic oxidation sites excluding steroid dienone is 1. The lowest BCUT2D eigenvalue weighted by Gasteiger charge is -1.96. The Morgan fingerprint density at radius 1 is 1.88 bits per heavy atom. The van der Waals surface area contributed by atoms with Crippen molar-refractivity contribution in [1.29, 1.82) is 0 Å². The van der Waals surface area contributed by atoms with E-state index in [1.54, 1.807) is 0 Å². The van der Waals surface area contributed by atoms with E-state index in [9.17, 15) is 0 Å². The second-order valence-electron chi connectivity index (χ2n) is 2.15. The largest absolute Gasteiger partial charge is 0.0812 e. The van der Waals surface area contributed by atoms with Crippen LogP contribution in [-0.4, -0.2) is 6.16 Å². The number of hydrogen-bond acceptors (Lipinski definition) is 1. The van der Waals surface area contributed by atoms with Gasteiger partial charge in [0.1, 0.15) is 0 Å². The van der Waals surface area contributed by atoms with Crippen LogP contribution in [0.1, 0.15) is 13.3 Å². The Labute approximate surface area is 59.7 Å². The summed E-state index contributed by atoms with van der Waals surface area (Å²) < 4.78 is 0. The highest BCUT2D eigenvalue weighted by Gasteiger charge is 2.15. The molecule has 0 radical (unpaired) electrons. The molecule has 0 aromatic heterocycles. The number of rotatable bonds is 0. The maximum Gasteiger partial charge on any atom is 0.0593 e. The summed E-state index contributed by atoms with van der Waals surface area (Å²) in [5, 5.41) is -1.46. The van der Waals surface area contributed by atoms with Crippen molar-refractivity contribution in [2.75, 3.05) is 6.16 Å². The summed E-state index contributed by atoms with van der Waals surface area (Å²) in [6.45, 7) is 2.09. The van der Waals surface area contributed by atoms with Crippen molar-refractivity contribution in [3.63, 3.8) is 0 Å². The molecule has 1 aliphatic rings. The summed E-state index contributed by atoms with van der Waals surface area (Å²) in [5.74, 6) is 2.07. The lowest BCUT2D eigenvalue weighted by atomic mass is 10.3. The number of halogens is 1. The molecule has 0 spiro atoms. The van der Waals surface area contributed by atoms with Gasteiger partial charge in [-0.2, -0.15) is 0 Å². The maximum absolute atomic E-state index is 5.91. The Hall–Kier alpha value is 0.680. The lowest BCUT2D eigenvalue weighted by molar-refractivity contribution is 1.14. The zero-order valence-corrected chi connectivity index (χ0v) is 7.19. The average molecular weight is 167 g/mol. The van der Waals surface area contributed by atoms with E-state index in [2.05, 4.69) is 12.7 Å². The van der Waals surface area contributed by atoms with Gasteiger partial charge < -0.3 is 0 Å². The van der Waals surface area contributed by atoms with Crippen LogP contribution in [0, 0.1) is 0 Å². The second-order valence-corrected chi connectivity index (χ2v) is 8.63. The highest BCUT2D eigenvalue weighted by Crippen LogP contribution is 2.58. The topological polar surface area (TPSA) is 0 Å². The molecular formula is C5H8ClPS. The Bertz CT molecular complexity index is 173. The van der Waals surface area contributed by atoms with Crippen LogP contribution in [0.15, 0.2) is 11.4 Å². The molecule has 1 aliphatic heterocycles. The summed E-state index contributed by atoms with van der Waals surface area (Å²) >= 11 is 11.0. The van der Waals surface area contributed by atoms with Crippen molar-refractivity contribution in [2.45, 2.75) is 13.3 Å². The molecule has 1 unspecified atom stereocenters. The van der Waals surface area contributed by atoms with Crippen LogP contribution in [0.3, 0.4) is 0 Å². The number of hydrogen-bond donors (Lipinski definition) is 0. The van der Waals surface area contributed by atoms with Crippen LogP contribution in [0.5, 0.6) is 0 Å². The molecule has 1 atom stereocenters. The van der Waals surface area contributed by atoms with E-state index in [4.69, 9.17) is 23.0 Å². The van der Waals surface area contributed by atoms with E-state index in [1.165, 1.54) is 5.57 Å². The Kier molecular flexibility index (Phi) is 1.81. The summed E-state index contributed by atoms with van der Waals surface area (Å²) in [6.07, 6.45) is 2.16. The lowest BCUT2D eigenvalue weighted by Crippen LogP contribution is -1.69. The van der Waals surface area contributed by atoms with Crippen LogP contribution in [0.2, 0.25) is 0 Å². The van der Waals surface area contributed by atoms with E-state index in [-0.39, 0.29) is 0 Å². The first-order valence-electron chi connectivity index (χ1n) is 2.57. The van der Waals surface area contributed by atoms with Crippen LogP contribution in [0.25, 0.3) is 0 Å². The SMILES string of the molecule is CC1=CP(=S)(Cl)CC1. The van der Waals surface area contributed by atoms with Crippen molar-refractivity contribution in [3.8, 4) is 0 Å². The zero-order valence-electron chi connectivity index (χ0n) is 4.72. The molecule has 8 heavy (non-hydrogen) atoms. The third-order valence-electron chi connectivity index (χ3n) is 1.22. The van der Waals surface area contributed by atoms with Gasteiger partial charge in [-0.15, -0.1) is 0 Å². The normalized spacial score (nSPS) is 37.5. The van der Waals surface area contributed by atoms with E-state index < -0.39 is 5.39 Å². The molecule has 1 heterocycles. The van der Waals surface area contributed by atoms with Gasteiger partial charge in [0, 0.05) is 0 Å². The van der Waals surface area contributed by atoms with Gasteiger partial charge in [-0.05, 0) is 25.3 Å². The zero-order chi connectivity index (χ0) is 6.20. The fraction of sp³-hybridized carbons (Fsp3) is 0.600. The van der Waals surface area contributed by atoms with Gasteiger partial charge >= 0.3 is 0 Å². The molecule has 0 bridgehead atoms. The van der Waals surface area contributed by atoms with E-state index >= 15 is 0 Å². The summed E-state index contributed by atoms with van der Waals surface area (Å²) in [4.78, 5) is 0. The van der Waals surface area contributed by atoms with Crippen molar-refractivity contribution in [2.24, 2.45) is 0 Å². The molecule has 0 aromatic carbocycles. The molecule has 46 valence electrons. The van der Waals surface area contributed by atoms with E-state index in [0.29, 0.717) is 0 Å². The molecule has 0 fully saturated rings. The third kappa shape index (κ3) is 1.58. The van der Waals surface area contributed by atoms with Crippen molar-refractivity contribution in [3.05, 3.63) is 11.4 Å². The molecule has 0 aromatic rings. The van der Waals surface area contributed by atoms with Crippen LogP contribution in [0.4, 0.5) is 0 Å². The molecule has 0 N–H and O–H groups in total. The predicted octanol–water partition coefficient (Wildman–Crippen LogP) is 2.93. The molecule has 3 heteroatoms. The Balaban J connectivity index is 2.82. The molecule has 0 nitrogen and oxygen atoms in total. The molecule has 0 saturated carbocycles. The van der Waals surface area contributed by atoms with E-state index in [0.717, 1.165) is 12.6 Å². The van der Waals surface area contributed by atoms with Gasteiger partial charge in [-0.25, -0.2) is 0 Å². The van der Waals surface area contributed by atoms with Gasteiger partial charge in [0.15, 0.2) is 0 Å². The minimum Gasteiger partial charge on any atom is -0.0812 e. The second kappa shape index (κ2) is 2.13. The first-order valence-corrected chi connectivity index (χ1v) is 6.53. The van der Waals surface area contributed by atoms with Gasteiger partial charge in [0.25, 0.3) is 0 Å². The quantitative estimate of drug-likeness (QED) is 0.499. The summed E-state index contributed by atoms with van der Waals surface area (Å²) in [7, 11) is 0. The Morgan fingerprint density at radius 2 is 2.50 bits per heavy atom. The standard InChI is InChI=1S/C5H8ClPS/c1-5-2-3-7(6,8)4-5/h4H,2-3H2,1H3. The minimum absolute atomic E-state index is 1.04. The maximum atomic E-state index is 5.91. The molecule has 0 aliphatic carbocycles. The van der Waals surface area contributed by atoms with Crippen molar-refractivity contribution in [1.82, 2.24) is 0 Å². The summed E-state index contributed by atoms with van der Waals surface area (Å²) in [5.41, 5.74) is 1.38. The minimum atomic E-state index is -1.46. The highest BCUT2D eigenvalue weighted by molar-refractivity contribution is 8.28. The fourth-order valence-corrected chi connectivity index (χ4v) is 3.93. The van der Waals surface area contributed by atoms with Gasteiger partial charge in [0.05, 0.1) is 5.39 Å². The highest BCUT2D eigenvalue weighted by atomic mass is 35.7. The average Bonchev–Trinajstić information content (AvgIpc) is 1.82. The molecule has 0 amide bonds. The van der Waals surface area contributed by atoms with E-state index in [1.807, 2.05) is 0 Å². The van der Waals surface area contributed by atoms with Gasteiger partial charge in [0.2, 0.25) is 0 Å². The monoisotopic (exact) mass is 166 g/mol. The molecular weight excluding hydrogens is 159 g/mol. The Morgan fingerprint density at radius 3 is 2.62 bits per heavy atom.